The smallest absolute Gasteiger partial charge is 0.00932 e. The first kappa shape index (κ1) is 15.4. The molecule has 3 unspecified atom stereocenters. The number of hydrogen-bond donors (Lipinski definition) is 0. The van der Waals surface area contributed by atoms with Gasteiger partial charge in [0.05, 0.1) is 0 Å². The molecule has 17 heavy (non-hydrogen) atoms. The minimum atomic E-state index is -0.342. The monoisotopic (exact) mass is 258 g/mol. The van der Waals surface area contributed by atoms with Gasteiger partial charge in [0.15, 0.2) is 0 Å². The molecule has 0 heterocycles. The third kappa shape index (κ3) is 5.24. The summed E-state index contributed by atoms with van der Waals surface area (Å²) in [5, 5.41) is 1.02. The van der Waals surface area contributed by atoms with E-state index in [0.717, 1.165) is 17.1 Å². The fourth-order valence-electron chi connectivity index (χ4n) is 3.43. The van der Waals surface area contributed by atoms with Gasteiger partial charge in [0.2, 0.25) is 0 Å². The minimum Gasteiger partial charge on any atom is -0.247 e. The van der Waals surface area contributed by atoms with Gasteiger partial charge in [-0.3, -0.25) is 0 Å². The van der Waals surface area contributed by atoms with Crippen LogP contribution in [0, 0.1) is 17.3 Å². The molecule has 1 heteroatoms. The van der Waals surface area contributed by atoms with Gasteiger partial charge < -0.3 is 0 Å². The van der Waals surface area contributed by atoms with Gasteiger partial charge in [-0.15, -0.1) is 0 Å². The van der Waals surface area contributed by atoms with Gasteiger partial charge in [0, 0.05) is 0 Å². The van der Waals surface area contributed by atoms with E-state index in [1.807, 2.05) is 0 Å². The van der Waals surface area contributed by atoms with Crippen LogP contribution in [0.25, 0.3) is 0 Å². The predicted molar refractivity (Wildman–Crippen MR) is 84.3 cm³/mol. The molecule has 1 fully saturated rings. The maximum absolute atomic E-state index is 2.51. The van der Waals surface area contributed by atoms with E-state index in [9.17, 15) is 0 Å². The summed E-state index contributed by atoms with van der Waals surface area (Å²) in [6, 6.07) is 0. The highest BCUT2D eigenvalue weighted by Crippen LogP contribution is 2.51. The van der Waals surface area contributed by atoms with E-state index in [2.05, 4.69) is 46.5 Å². The molecule has 0 radical (unpaired) electrons. The van der Waals surface area contributed by atoms with Gasteiger partial charge in [-0.25, -0.2) is 10.0 Å². The van der Waals surface area contributed by atoms with E-state index in [1.165, 1.54) is 32.1 Å². The van der Waals surface area contributed by atoms with Crippen LogP contribution in [0.1, 0.15) is 59.8 Å². The standard InChI is InChI=1S/C16H34S/c1-13-12-14(10-11-16(2,3)4)8-9-15(13)17(5,6)7/h13-15H,8-12H2,1-7H3. The molecule has 3 atom stereocenters. The lowest BCUT2D eigenvalue weighted by atomic mass is 9.77. The van der Waals surface area contributed by atoms with Crippen LogP contribution in [0.3, 0.4) is 0 Å². The zero-order chi connectivity index (χ0) is 13.3. The molecule has 0 nitrogen and oxygen atoms in total. The fraction of sp³-hybridized carbons (Fsp3) is 1.00. The normalized spacial score (nSPS) is 32.5. The third-order valence-electron chi connectivity index (χ3n) is 4.41. The second-order valence-electron chi connectivity index (χ2n) is 8.23. The Balaban J connectivity index is 2.42. The Labute approximate surface area is 111 Å². The summed E-state index contributed by atoms with van der Waals surface area (Å²) in [4.78, 5) is 0. The highest BCUT2D eigenvalue weighted by atomic mass is 32.3. The van der Waals surface area contributed by atoms with Gasteiger partial charge in [0.1, 0.15) is 0 Å². The lowest BCUT2D eigenvalue weighted by Crippen LogP contribution is -2.31. The molecular formula is C16H34S. The van der Waals surface area contributed by atoms with Crippen LogP contribution in [-0.4, -0.2) is 24.0 Å². The fourth-order valence-corrected chi connectivity index (χ4v) is 5.78. The van der Waals surface area contributed by atoms with E-state index in [4.69, 9.17) is 0 Å². The predicted octanol–water partition coefficient (Wildman–Crippen LogP) is 5.31. The van der Waals surface area contributed by atoms with Gasteiger partial charge in [0.25, 0.3) is 0 Å². The summed E-state index contributed by atoms with van der Waals surface area (Å²) in [5.74, 6) is 1.98. The van der Waals surface area contributed by atoms with Crippen LogP contribution in [0.15, 0.2) is 0 Å². The van der Waals surface area contributed by atoms with Crippen LogP contribution >= 0.6 is 10.0 Å². The number of rotatable bonds is 3. The molecule has 0 aliphatic heterocycles. The maximum atomic E-state index is 2.51. The third-order valence-corrected chi connectivity index (χ3v) is 6.93. The SMILES string of the molecule is CC1CC(CCC(C)(C)C)CCC1S(C)(C)C. The van der Waals surface area contributed by atoms with Crippen molar-refractivity contribution in [3.8, 4) is 0 Å². The first-order valence-electron chi connectivity index (χ1n) is 7.27. The van der Waals surface area contributed by atoms with Crippen LogP contribution < -0.4 is 0 Å². The lowest BCUT2D eigenvalue weighted by Gasteiger charge is -2.45. The molecule has 0 aromatic heterocycles. The quantitative estimate of drug-likeness (QED) is 0.643. The van der Waals surface area contributed by atoms with Crippen molar-refractivity contribution in [1.29, 1.82) is 0 Å². The molecule has 1 aliphatic rings. The Bertz CT molecular complexity index is 231. The average molecular weight is 259 g/mol. The van der Waals surface area contributed by atoms with Crippen LogP contribution in [0.4, 0.5) is 0 Å². The van der Waals surface area contributed by atoms with Crippen molar-refractivity contribution >= 4 is 10.0 Å². The van der Waals surface area contributed by atoms with Crippen molar-refractivity contribution in [2.24, 2.45) is 17.3 Å². The average Bonchev–Trinajstić information content (AvgIpc) is 2.11. The van der Waals surface area contributed by atoms with Crippen LogP contribution in [-0.2, 0) is 0 Å². The zero-order valence-corrected chi connectivity index (χ0v) is 14.0. The van der Waals surface area contributed by atoms with Gasteiger partial charge in [-0.2, -0.15) is 0 Å². The summed E-state index contributed by atoms with van der Waals surface area (Å²) < 4.78 is 0. The summed E-state index contributed by atoms with van der Waals surface area (Å²) in [5.41, 5.74) is 0.523. The summed E-state index contributed by atoms with van der Waals surface area (Å²) in [6.07, 6.45) is 14.9. The largest absolute Gasteiger partial charge is 0.247 e. The Morgan fingerprint density at radius 3 is 2.06 bits per heavy atom. The molecule has 0 aromatic carbocycles. The molecule has 0 spiro atoms. The van der Waals surface area contributed by atoms with Crippen LogP contribution in [0.2, 0.25) is 0 Å². The molecular weight excluding hydrogens is 224 g/mol. The van der Waals surface area contributed by atoms with Gasteiger partial charge >= 0.3 is 0 Å². The highest BCUT2D eigenvalue weighted by Gasteiger charge is 2.32. The van der Waals surface area contributed by atoms with Gasteiger partial charge in [-0.1, -0.05) is 27.7 Å². The second-order valence-corrected chi connectivity index (χ2v) is 12.7. The van der Waals surface area contributed by atoms with Crippen molar-refractivity contribution in [2.45, 2.75) is 65.0 Å². The van der Waals surface area contributed by atoms with Crippen molar-refractivity contribution in [3.63, 3.8) is 0 Å². The molecule has 0 aromatic rings. The molecule has 0 saturated heterocycles. The van der Waals surface area contributed by atoms with E-state index in [1.54, 1.807) is 0 Å². The number of hydrogen-bond acceptors (Lipinski definition) is 0. The van der Waals surface area contributed by atoms with Crippen LogP contribution in [0.5, 0.6) is 0 Å². The van der Waals surface area contributed by atoms with Crippen molar-refractivity contribution < 1.29 is 0 Å². The summed E-state index contributed by atoms with van der Waals surface area (Å²) >= 11 is 0. The minimum absolute atomic E-state index is 0.342. The second kappa shape index (κ2) is 5.55. The van der Waals surface area contributed by atoms with Crippen molar-refractivity contribution in [3.05, 3.63) is 0 Å². The zero-order valence-electron chi connectivity index (χ0n) is 13.2. The Morgan fingerprint density at radius 1 is 1.06 bits per heavy atom. The molecule has 1 rings (SSSR count). The molecule has 0 amide bonds. The first-order valence-corrected chi connectivity index (χ1v) is 10.2. The van der Waals surface area contributed by atoms with Crippen molar-refractivity contribution in [1.82, 2.24) is 0 Å². The van der Waals surface area contributed by atoms with E-state index < -0.39 is 0 Å². The summed E-state index contributed by atoms with van der Waals surface area (Å²) in [6.45, 7) is 9.64. The maximum Gasteiger partial charge on any atom is -0.00932 e. The Kier molecular flexibility index (Phi) is 5.03. The molecule has 0 bridgehead atoms. The summed E-state index contributed by atoms with van der Waals surface area (Å²) in [7, 11) is -0.342. The Hall–Kier alpha value is 0.350. The first-order chi connectivity index (χ1) is 7.59. The van der Waals surface area contributed by atoms with E-state index in [0.29, 0.717) is 5.41 Å². The van der Waals surface area contributed by atoms with E-state index >= 15 is 0 Å². The van der Waals surface area contributed by atoms with Crippen molar-refractivity contribution in [2.75, 3.05) is 18.8 Å². The molecule has 1 aliphatic carbocycles. The molecule has 104 valence electrons. The van der Waals surface area contributed by atoms with E-state index in [-0.39, 0.29) is 10.0 Å². The molecule has 0 N–H and O–H groups in total. The highest BCUT2D eigenvalue weighted by molar-refractivity contribution is 8.32. The molecule has 1 saturated carbocycles. The van der Waals surface area contributed by atoms with Gasteiger partial charge in [-0.05, 0) is 73.4 Å². The Morgan fingerprint density at radius 2 is 1.65 bits per heavy atom. The lowest BCUT2D eigenvalue weighted by molar-refractivity contribution is 0.239. The topological polar surface area (TPSA) is 0 Å².